The molecule has 4 heteroatoms. The van der Waals surface area contributed by atoms with Crippen molar-refractivity contribution >= 4 is 0 Å². The minimum Gasteiger partial charge on any atom is -0.395 e. The summed E-state index contributed by atoms with van der Waals surface area (Å²) in [5.41, 5.74) is 1.82. The topological polar surface area (TPSA) is 52.5 Å². The van der Waals surface area contributed by atoms with Crippen molar-refractivity contribution < 1.29 is 14.6 Å². The average molecular weight is 213 g/mol. The summed E-state index contributed by atoms with van der Waals surface area (Å²) in [6, 6.07) is 4.24. The molecule has 0 saturated carbocycles. The average Bonchev–Trinajstić information content (AvgIpc) is 2.22. The molecule has 0 fully saturated rings. The standard InChI is InChI=1S/C11H16FNO2/c1-8-4-10(12)3-2-9(8)5-13-11(6-14)7-15/h2-4,11,13-15H,5-7H2,1H3. The minimum atomic E-state index is -0.325. The lowest BCUT2D eigenvalue weighted by molar-refractivity contribution is 0.170. The van der Waals surface area contributed by atoms with Crippen LogP contribution in [0.15, 0.2) is 18.2 Å². The first kappa shape index (κ1) is 12.1. The van der Waals surface area contributed by atoms with E-state index in [0.29, 0.717) is 6.54 Å². The molecule has 1 aromatic rings. The Morgan fingerprint density at radius 2 is 2.00 bits per heavy atom. The van der Waals surface area contributed by atoms with Crippen molar-refractivity contribution in [3.8, 4) is 0 Å². The molecular weight excluding hydrogens is 197 g/mol. The van der Waals surface area contributed by atoms with Crippen molar-refractivity contribution in [2.24, 2.45) is 0 Å². The van der Waals surface area contributed by atoms with Crippen LogP contribution in [0.2, 0.25) is 0 Å². The van der Waals surface area contributed by atoms with Gasteiger partial charge in [0, 0.05) is 6.54 Å². The van der Waals surface area contributed by atoms with E-state index in [1.54, 1.807) is 6.07 Å². The molecule has 1 aromatic carbocycles. The predicted molar refractivity (Wildman–Crippen MR) is 55.9 cm³/mol. The molecule has 0 spiro atoms. The van der Waals surface area contributed by atoms with Gasteiger partial charge in [-0.3, -0.25) is 0 Å². The molecule has 0 aliphatic rings. The molecule has 0 radical (unpaired) electrons. The maximum absolute atomic E-state index is 12.8. The molecule has 0 saturated heterocycles. The molecule has 0 atom stereocenters. The number of aliphatic hydroxyl groups excluding tert-OH is 2. The molecule has 0 unspecified atom stereocenters. The molecule has 1 rings (SSSR count). The van der Waals surface area contributed by atoms with Crippen LogP contribution >= 0.6 is 0 Å². The fraction of sp³-hybridized carbons (Fsp3) is 0.455. The van der Waals surface area contributed by atoms with Gasteiger partial charge in [-0.2, -0.15) is 0 Å². The van der Waals surface area contributed by atoms with Gasteiger partial charge in [-0.15, -0.1) is 0 Å². The number of aryl methyl sites for hydroxylation is 1. The summed E-state index contributed by atoms with van der Waals surface area (Å²) in [6.45, 7) is 2.11. The molecular formula is C11H16FNO2. The first-order valence-corrected chi connectivity index (χ1v) is 4.87. The number of hydrogen-bond acceptors (Lipinski definition) is 3. The molecule has 3 nitrogen and oxygen atoms in total. The third-order valence-corrected chi connectivity index (χ3v) is 2.33. The monoisotopic (exact) mass is 213 g/mol. The van der Waals surface area contributed by atoms with Gasteiger partial charge in [0.2, 0.25) is 0 Å². The Morgan fingerprint density at radius 3 is 2.53 bits per heavy atom. The van der Waals surface area contributed by atoms with E-state index in [4.69, 9.17) is 10.2 Å². The highest BCUT2D eigenvalue weighted by Gasteiger charge is 2.06. The lowest BCUT2D eigenvalue weighted by Gasteiger charge is -2.14. The lowest BCUT2D eigenvalue weighted by Crippen LogP contribution is -2.35. The molecule has 0 aliphatic carbocycles. The van der Waals surface area contributed by atoms with Crippen LogP contribution in [0.4, 0.5) is 4.39 Å². The van der Waals surface area contributed by atoms with E-state index in [1.165, 1.54) is 12.1 Å². The van der Waals surface area contributed by atoms with Crippen LogP contribution in [-0.4, -0.2) is 29.5 Å². The van der Waals surface area contributed by atoms with Crippen LogP contribution in [0.25, 0.3) is 0 Å². The summed E-state index contributed by atoms with van der Waals surface area (Å²) in [4.78, 5) is 0. The number of hydrogen-bond donors (Lipinski definition) is 3. The molecule has 15 heavy (non-hydrogen) atoms. The molecule has 0 bridgehead atoms. The second-order valence-electron chi connectivity index (χ2n) is 3.51. The quantitative estimate of drug-likeness (QED) is 0.670. The largest absolute Gasteiger partial charge is 0.395 e. The van der Waals surface area contributed by atoms with E-state index in [2.05, 4.69) is 5.32 Å². The Bertz CT molecular complexity index is 313. The number of nitrogens with one attached hydrogen (secondary N) is 1. The van der Waals surface area contributed by atoms with Crippen LogP contribution in [0, 0.1) is 12.7 Å². The SMILES string of the molecule is Cc1cc(F)ccc1CNC(CO)CO. The Hall–Kier alpha value is -0.970. The van der Waals surface area contributed by atoms with Crippen molar-refractivity contribution in [2.75, 3.05) is 13.2 Å². The maximum Gasteiger partial charge on any atom is 0.123 e. The molecule has 0 amide bonds. The zero-order valence-electron chi connectivity index (χ0n) is 8.70. The maximum atomic E-state index is 12.8. The van der Waals surface area contributed by atoms with Crippen molar-refractivity contribution in [3.63, 3.8) is 0 Å². The van der Waals surface area contributed by atoms with Gasteiger partial charge in [-0.05, 0) is 30.2 Å². The summed E-state index contributed by atoms with van der Waals surface area (Å²) in [6.07, 6.45) is 0. The highest BCUT2D eigenvalue weighted by molar-refractivity contribution is 5.26. The highest BCUT2D eigenvalue weighted by atomic mass is 19.1. The van der Waals surface area contributed by atoms with E-state index in [0.717, 1.165) is 11.1 Å². The van der Waals surface area contributed by atoms with Crippen LogP contribution in [0.3, 0.4) is 0 Å². The second-order valence-corrected chi connectivity index (χ2v) is 3.51. The first-order valence-electron chi connectivity index (χ1n) is 4.87. The molecule has 0 aliphatic heterocycles. The minimum absolute atomic E-state index is 0.114. The van der Waals surface area contributed by atoms with Crippen LogP contribution in [0.5, 0.6) is 0 Å². The van der Waals surface area contributed by atoms with Gasteiger partial charge in [0.05, 0.1) is 19.3 Å². The second kappa shape index (κ2) is 5.80. The Kier molecular flexibility index (Phi) is 4.68. The number of aliphatic hydroxyl groups is 2. The van der Waals surface area contributed by atoms with Crippen LogP contribution < -0.4 is 5.32 Å². The predicted octanol–water partition coefficient (Wildman–Crippen LogP) is 0.577. The normalized spacial score (nSPS) is 11.0. The number of halogens is 1. The molecule has 84 valence electrons. The first-order chi connectivity index (χ1) is 7.17. The Balaban J connectivity index is 2.57. The Labute approximate surface area is 88.6 Å². The van der Waals surface area contributed by atoms with Crippen molar-refractivity contribution in [1.29, 1.82) is 0 Å². The van der Waals surface area contributed by atoms with Gasteiger partial charge in [0.25, 0.3) is 0 Å². The van der Waals surface area contributed by atoms with Crippen LogP contribution in [0.1, 0.15) is 11.1 Å². The Morgan fingerprint density at radius 1 is 1.33 bits per heavy atom. The van der Waals surface area contributed by atoms with Gasteiger partial charge >= 0.3 is 0 Å². The summed E-state index contributed by atoms with van der Waals surface area (Å²) >= 11 is 0. The van der Waals surface area contributed by atoms with E-state index in [1.807, 2.05) is 6.92 Å². The van der Waals surface area contributed by atoms with E-state index >= 15 is 0 Å². The number of rotatable bonds is 5. The van der Waals surface area contributed by atoms with E-state index < -0.39 is 0 Å². The van der Waals surface area contributed by atoms with Crippen molar-refractivity contribution in [1.82, 2.24) is 5.32 Å². The van der Waals surface area contributed by atoms with Gasteiger partial charge in [0.15, 0.2) is 0 Å². The zero-order chi connectivity index (χ0) is 11.3. The van der Waals surface area contributed by atoms with Crippen molar-refractivity contribution in [2.45, 2.75) is 19.5 Å². The van der Waals surface area contributed by atoms with Gasteiger partial charge in [-0.25, -0.2) is 4.39 Å². The highest BCUT2D eigenvalue weighted by Crippen LogP contribution is 2.09. The lowest BCUT2D eigenvalue weighted by atomic mass is 10.1. The van der Waals surface area contributed by atoms with Gasteiger partial charge in [-0.1, -0.05) is 6.07 Å². The summed E-state index contributed by atoms with van der Waals surface area (Å²) in [7, 11) is 0. The van der Waals surface area contributed by atoms with Crippen LogP contribution in [-0.2, 0) is 6.54 Å². The summed E-state index contributed by atoms with van der Waals surface area (Å²) < 4.78 is 12.8. The fourth-order valence-electron chi connectivity index (χ4n) is 1.30. The zero-order valence-corrected chi connectivity index (χ0v) is 8.70. The fourth-order valence-corrected chi connectivity index (χ4v) is 1.30. The smallest absolute Gasteiger partial charge is 0.123 e. The molecule has 0 heterocycles. The van der Waals surface area contributed by atoms with Crippen molar-refractivity contribution in [3.05, 3.63) is 35.1 Å². The van der Waals surface area contributed by atoms with Gasteiger partial charge in [0.1, 0.15) is 5.82 Å². The van der Waals surface area contributed by atoms with E-state index in [9.17, 15) is 4.39 Å². The molecule has 3 N–H and O–H groups in total. The van der Waals surface area contributed by atoms with E-state index in [-0.39, 0.29) is 25.1 Å². The summed E-state index contributed by atoms with van der Waals surface area (Å²) in [5.74, 6) is -0.253. The van der Waals surface area contributed by atoms with Gasteiger partial charge < -0.3 is 15.5 Å². The third-order valence-electron chi connectivity index (χ3n) is 2.33. The molecule has 0 aromatic heterocycles. The number of benzene rings is 1. The summed E-state index contributed by atoms with van der Waals surface area (Å²) in [5, 5.41) is 20.6. The third kappa shape index (κ3) is 3.58.